The van der Waals surface area contributed by atoms with Crippen LogP contribution >= 0.6 is 27.7 Å². The van der Waals surface area contributed by atoms with Gasteiger partial charge in [0.2, 0.25) is 0 Å². The van der Waals surface area contributed by atoms with Crippen molar-refractivity contribution in [1.82, 2.24) is 9.78 Å². The molecule has 0 aliphatic rings. The molecule has 0 aliphatic heterocycles. The molecule has 122 valence electrons. The molecular formula is C18H16BrN3OS. The Morgan fingerprint density at radius 1 is 1.21 bits per heavy atom. The molecule has 0 saturated carbocycles. The van der Waals surface area contributed by atoms with E-state index in [-0.39, 0.29) is 5.91 Å². The van der Waals surface area contributed by atoms with Gasteiger partial charge in [0.1, 0.15) is 0 Å². The SMILES string of the molecule is CSc1cccc(NC(=O)c2cnn(-c3ccc(Br)cc3)c2C)c1. The Labute approximate surface area is 153 Å². The quantitative estimate of drug-likeness (QED) is 0.631. The Bertz CT molecular complexity index is 874. The number of nitrogens with zero attached hydrogens (tertiary/aromatic N) is 2. The average Bonchev–Trinajstić information content (AvgIpc) is 2.97. The minimum Gasteiger partial charge on any atom is -0.322 e. The summed E-state index contributed by atoms with van der Waals surface area (Å²) in [6.45, 7) is 1.89. The molecule has 1 amide bonds. The van der Waals surface area contributed by atoms with E-state index in [0.29, 0.717) is 5.56 Å². The van der Waals surface area contributed by atoms with E-state index < -0.39 is 0 Å². The normalized spacial score (nSPS) is 10.6. The van der Waals surface area contributed by atoms with Gasteiger partial charge in [0, 0.05) is 15.1 Å². The van der Waals surface area contributed by atoms with Gasteiger partial charge in [0.25, 0.3) is 5.91 Å². The van der Waals surface area contributed by atoms with Crippen LogP contribution < -0.4 is 5.32 Å². The number of carbonyl (C=O) groups is 1. The zero-order chi connectivity index (χ0) is 17.1. The highest BCUT2D eigenvalue weighted by molar-refractivity contribution is 9.10. The summed E-state index contributed by atoms with van der Waals surface area (Å²) in [7, 11) is 0. The van der Waals surface area contributed by atoms with Crippen LogP contribution in [0.1, 0.15) is 16.1 Å². The van der Waals surface area contributed by atoms with Gasteiger partial charge in [-0.2, -0.15) is 5.10 Å². The summed E-state index contributed by atoms with van der Waals surface area (Å²) in [5, 5.41) is 7.28. The fraction of sp³-hybridized carbons (Fsp3) is 0.111. The maximum absolute atomic E-state index is 12.6. The van der Waals surface area contributed by atoms with Crippen molar-refractivity contribution in [2.24, 2.45) is 0 Å². The van der Waals surface area contributed by atoms with Gasteiger partial charge in [0.05, 0.1) is 23.1 Å². The van der Waals surface area contributed by atoms with Crippen LogP contribution in [0.3, 0.4) is 0 Å². The number of amides is 1. The first-order valence-corrected chi connectivity index (χ1v) is 9.36. The molecule has 3 rings (SSSR count). The van der Waals surface area contributed by atoms with Crippen LogP contribution in [0.5, 0.6) is 0 Å². The van der Waals surface area contributed by atoms with E-state index in [1.807, 2.05) is 61.7 Å². The predicted octanol–water partition coefficient (Wildman–Crippen LogP) is 4.92. The van der Waals surface area contributed by atoms with Crippen LogP contribution in [0, 0.1) is 6.92 Å². The van der Waals surface area contributed by atoms with Gasteiger partial charge in [-0.25, -0.2) is 4.68 Å². The second kappa shape index (κ2) is 7.23. The van der Waals surface area contributed by atoms with Crippen LogP contribution in [-0.2, 0) is 0 Å². The van der Waals surface area contributed by atoms with E-state index in [1.165, 1.54) is 0 Å². The summed E-state index contributed by atoms with van der Waals surface area (Å²) < 4.78 is 2.77. The number of rotatable bonds is 4. The zero-order valence-electron chi connectivity index (χ0n) is 13.3. The molecular weight excluding hydrogens is 386 g/mol. The van der Waals surface area contributed by atoms with E-state index in [1.54, 1.807) is 22.6 Å². The van der Waals surface area contributed by atoms with Crippen molar-refractivity contribution in [1.29, 1.82) is 0 Å². The van der Waals surface area contributed by atoms with Crippen molar-refractivity contribution in [2.75, 3.05) is 11.6 Å². The molecule has 6 heteroatoms. The molecule has 0 atom stereocenters. The number of aromatic nitrogens is 2. The number of thioether (sulfide) groups is 1. The third-order valence-corrected chi connectivity index (χ3v) is 4.91. The van der Waals surface area contributed by atoms with Crippen LogP contribution in [0.4, 0.5) is 5.69 Å². The van der Waals surface area contributed by atoms with Crippen LogP contribution in [0.2, 0.25) is 0 Å². The monoisotopic (exact) mass is 401 g/mol. The Kier molecular flexibility index (Phi) is 5.06. The number of halogens is 1. The standard InChI is InChI=1S/C18H16BrN3OS/c1-12-17(11-20-22(12)15-8-6-13(19)7-9-15)18(23)21-14-4-3-5-16(10-14)24-2/h3-11H,1-2H3,(H,21,23). The molecule has 1 N–H and O–H groups in total. The van der Waals surface area contributed by atoms with Crippen molar-refractivity contribution < 1.29 is 4.79 Å². The zero-order valence-corrected chi connectivity index (χ0v) is 15.7. The number of anilines is 1. The van der Waals surface area contributed by atoms with Crippen molar-refractivity contribution in [3.63, 3.8) is 0 Å². The molecule has 24 heavy (non-hydrogen) atoms. The molecule has 3 aromatic rings. The Hall–Kier alpha value is -2.05. The topological polar surface area (TPSA) is 46.9 Å². The third-order valence-electron chi connectivity index (χ3n) is 3.65. The summed E-state index contributed by atoms with van der Waals surface area (Å²) in [5.74, 6) is -0.158. The highest BCUT2D eigenvalue weighted by Gasteiger charge is 2.15. The van der Waals surface area contributed by atoms with Gasteiger partial charge >= 0.3 is 0 Å². The highest BCUT2D eigenvalue weighted by Crippen LogP contribution is 2.21. The van der Waals surface area contributed by atoms with Crippen LogP contribution in [0.25, 0.3) is 5.69 Å². The number of nitrogens with one attached hydrogen (secondary N) is 1. The molecule has 0 unspecified atom stereocenters. The lowest BCUT2D eigenvalue weighted by Gasteiger charge is -2.07. The lowest BCUT2D eigenvalue weighted by molar-refractivity contribution is 0.102. The van der Waals surface area contributed by atoms with E-state index in [0.717, 1.165) is 26.4 Å². The Morgan fingerprint density at radius 3 is 2.67 bits per heavy atom. The maximum atomic E-state index is 12.6. The summed E-state index contributed by atoms with van der Waals surface area (Å²) >= 11 is 5.06. The van der Waals surface area contributed by atoms with Crippen molar-refractivity contribution in [3.05, 3.63) is 70.5 Å². The Morgan fingerprint density at radius 2 is 1.96 bits per heavy atom. The summed E-state index contributed by atoms with van der Waals surface area (Å²) in [4.78, 5) is 13.7. The van der Waals surface area contributed by atoms with Gasteiger partial charge in [-0.1, -0.05) is 22.0 Å². The molecule has 1 heterocycles. The third kappa shape index (κ3) is 3.55. The molecule has 0 aliphatic carbocycles. The predicted molar refractivity (Wildman–Crippen MR) is 102 cm³/mol. The lowest BCUT2D eigenvalue weighted by Crippen LogP contribution is -2.13. The summed E-state index contributed by atoms with van der Waals surface area (Å²) in [5.41, 5.74) is 3.06. The largest absolute Gasteiger partial charge is 0.322 e. The van der Waals surface area contributed by atoms with Crippen molar-refractivity contribution in [3.8, 4) is 5.69 Å². The van der Waals surface area contributed by atoms with E-state index in [2.05, 4.69) is 26.3 Å². The van der Waals surface area contributed by atoms with Gasteiger partial charge in [-0.3, -0.25) is 4.79 Å². The van der Waals surface area contributed by atoms with Crippen molar-refractivity contribution >= 4 is 39.3 Å². The van der Waals surface area contributed by atoms with E-state index in [9.17, 15) is 4.79 Å². The highest BCUT2D eigenvalue weighted by atomic mass is 79.9. The summed E-state index contributed by atoms with van der Waals surface area (Å²) in [6.07, 6.45) is 3.61. The van der Waals surface area contributed by atoms with Gasteiger partial charge in [-0.15, -0.1) is 11.8 Å². The van der Waals surface area contributed by atoms with Gasteiger partial charge in [0.15, 0.2) is 0 Å². The van der Waals surface area contributed by atoms with Crippen LogP contribution in [0.15, 0.2) is 64.1 Å². The molecule has 0 spiro atoms. The van der Waals surface area contributed by atoms with Crippen molar-refractivity contribution in [2.45, 2.75) is 11.8 Å². The second-order valence-electron chi connectivity index (χ2n) is 5.22. The smallest absolute Gasteiger partial charge is 0.259 e. The average molecular weight is 402 g/mol. The number of benzene rings is 2. The number of hydrogen-bond donors (Lipinski definition) is 1. The van der Waals surface area contributed by atoms with E-state index >= 15 is 0 Å². The minimum atomic E-state index is -0.158. The Balaban J connectivity index is 1.84. The second-order valence-corrected chi connectivity index (χ2v) is 7.01. The molecule has 0 saturated heterocycles. The molecule has 0 radical (unpaired) electrons. The number of carbonyl (C=O) groups excluding carboxylic acids is 1. The first kappa shape index (κ1) is 16.8. The van der Waals surface area contributed by atoms with E-state index in [4.69, 9.17) is 0 Å². The van der Waals surface area contributed by atoms with Gasteiger partial charge in [-0.05, 0) is 55.6 Å². The fourth-order valence-corrected chi connectivity index (χ4v) is 3.10. The fourth-order valence-electron chi connectivity index (χ4n) is 2.37. The molecule has 2 aromatic carbocycles. The van der Waals surface area contributed by atoms with Gasteiger partial charge < -0.3 is 5.32 Å². The molecule has 4 nitrogen and oxygen atoms in total. The minimum absolute atomic E-state index is 0.158. The molecule has 0 fully saturated rings. The lowest BCUT2D eigenvalue weighted by atomic mass is 10.2. The molecule has 1 aromatic heterocycles. The van der Waals surface area contributed by atoms with Crippen LogP contribution in [-0.4, -0.2) is 21.9 Å². The number of hydrogen-bond acceptors (Lipinski definition) is 3. The maximum Gasteiger partial charge on any atom is 0.259 e. The molecule has 0 bridgehead atoms. The summed E-state index contributed by atoms with van der Waals surface area (Å²) in [6, 6.07) is 15.6. The first-order chi connectivity index (χ1) is 11.6. The first-order valence-electron chi connectivity index (χ1n) is 7.34.